The molecule has 0 bridgehead atoms. The van der Waals surface area contributed by atoms with Gasteiger partial charge in [-0.25, -0.2) is 9.97 Å². The molecule has 0 spiro atoms. The van der Waals surface area contributed by atoms with Crippen molar-refractivity contribution < 1.29 is 14.6 Å². The molecule has 0 saturated heterocycles. The van der Waals surface area contributed by atoms with Gasteiger partial charge in [-0.1, -0.05) is 12.1 Å². The lowest BCUT2D eigenvalue weighted by molar-refractivity contribution is -0.137. The van der Waals surface area contributed by atoms with E-state index in [0.717, 1.165) is 32.9 Å². The van der Waals surface area contributed by atoms with Crippen LogP contribution in [0.1, 0.15) is 30.5 Å². The average Bonchev–Trinajstić information content (AvgIpc) is 2.95. The SMILES string of the molecule is CCOc1ccc(-c2c(C)sc3nc(C)nc(NCCCC(=O)O)c23)cc1. The number of nitrogens with one attached hydrogen (secondary N) is 1. The Balaban J connectivity index is 1.99. The summed E-state index contributed by atoms with van der Waals surface area (Å²) in [6.45, 7) is 7.11. The second kappa shape index (κ2) is 8.35. The van der Waals surface area contributed by atoms with Crippen LogP contribution in [0.2, 0.25) is 0 Å². The number of hydrogen-bond donors (Lipinski definition) is 2. The summed E-state index contributed by atoms with van der Waals surface area (Å²) in [5, 5.41) is 13.1. The molecule has 0 aliphatic heterocycles. The fourth-order valence-electron chi connectivity index (χ4n) is 3.02. The molecule has 2 aromatic heterocycles. The minimum Gasteiger partial charge on any atom is -0.494 e. The first kappa shape index (κ1) is 19.1. The summed E-state index contributed by atoms with van der Waals surface area (Å²) >= 11 is 1.64. The van der Waals surface area contributed by atoms with Crippen LogP contribution in [0.25, 0.3) is 21.3 Å². The molecule has 0 aliphatic rings. The molecular weight excluding hydrogens is 362 g/mol. The number of hydrogen-bond acceptors (Lipinski definition) is 6. The lowest BCUT2D eigenvalue weighted by Gasteiger charge is -2.10. The number of carboxylic acids is 1. The molecule has 0 unspecified atom stereocenters. The Morgan fingerprint density at radius 1 is 1.22 bits per heavy atom. The van der Waals surface area contributed by atoms with E-state index in [1.807, 2.05) is 38.1 Å². The van der Waals surface area contributed by atoms with Gasteiger partial charge in [-0.05, 0) is 44.9 Å². The van der Waals surface area contributed by atoms with Gasteiger partial charge in [0.25, 0.3) is 0 Å². The average molecular weight is 385 g/mol. The van der Waals surface area contributed by atoms with E-state index in [0.29, 0.717) is 25.4 Å². The molecule has 2 N–H and O–H groups in total. The Morgan fingerprint density at radius 2 is 1.96 bits per heavy atom. The van der Waals surface area contributed by atoms with E-state index < -0.39 is 5.97 Å². The number of aliphatic carboxylic acids is 1. The maximum absolute atomic E-state index is 10.7. The van der Waals surface area contributed by atoms with Crippen LogP contribution >= 0.6 is 11.3 Å². The van der Waals surface area contributed by atoms with Gasteiger partial charge in [0.2, 0.25) is 0 Å². The minimum absolute atomic E-state index is 0.134. The number of rotatable bonds is 8. The molecule has 0 fully saturated rings. The number of carbonyl (C=O) groups is 1. The number of benzene rings is 1. The molecule has 0 saturated carbocycles. The third-order valence-electron chi connectivity index (χ3n) is 4.15. The van der Waals surface area contributed by atoms with Gasteiger partial charge >= 0.3 is 5.97 Å². The first-order valence-corrected chi connectivity index (χ1v) is 9.78. The summed E-state index contributed by atoms with van der Waals surface area (Å²) in [7, 11) is 0. The third kappa shape index (κ3) is 4.36. The molecule has 3 aromatic rings. The Labute approximate surface area is 162 Å². The standard InChI is InChI=1S/C20H23N3O3S/c1-4-26-15-9-7-14(8-10-15)17-12(2)27-20-18(17)19(22-13(3)23-20)21-11-5-6-16(24)25/h7-10H,4-6,11H2,1-3H3,(H,24,25)(H,21,22,23). The van der Waals surface area contributed by atoms with Crippen LogP contribution in [0.5, 0.6) is 5.75 Å². The monoisotopic (exact) mass is 385 g/mol. The number of nitrogens with zero attached hydrogens (tertiary/aromatic N) is 2. The molecule has 27 heavy (non-hydrogen) atoms. The zero-order chi connectivity index (χ0) is 19.4. The zero-order valence-corrected chi connectivity index (χ0v) is 16.5. The largest absolute Gasteiger partial charge is 0.494 e. The number of carboxylic acid groups (broad SMARTS) is 1. The van der Waals surface area contributed by atoms with Crippen molar-refractivity contribution in [3.8, 4) is 16.9 Å². The highest BCUT2D eigenvalue weighted by atomic mass is 32.1. The molecular formula is C20H23N3O3S. The summed E-state index contributed by atoms with van der Waals surface area (Å²) in [5.41, 5.74) is 2.20. The highest BCUT2D eigenvalue weighted by molar-refractivity contribution is 7.19. The topological polar surface area (TPSA) is 84.3 Å². The van der Waals surface area contributed by atoms with E-state index in [-0.39, 0.29) is 6.42 Å². The van der Waals surface area contributed by atoms with E-state index >= 15 is 0 Å². The normalized spacial score (nSPS) is 10.9. The van der Waals surface area contributed by atoms with Crippen LogP contribution in [0.4, 0.5) is 5.82 Å². The zero-order valence-electron chi connectivity index (χ0n) is 15.7. The molecule has 0 atom stereocenters. The predicted octanol–water partition coefficient (Wildman–Crippen LogP) is 4.65. The molecule has 7 heteroatoms. The lowest BCUT2D eigenvalue weighted by Crippen LogP contribution is -2.07. The summed E-state index contributed by atoms with van der Waals surface area (Å²) < 4.78 is 5.54. The number of aromatic nitrogens is 2. The third-order valence-corrected chi connectivity index (χ3v) is 5.15. The van der Waals surface area contributed by atoms with Crippen LogP contribution in [-0.4, -0.2) is 34.2 Å². The van der Waals surface area contributed by atoms with Crippen molar-refractivity contribution in [3.05, 3.63) is 35.0 Å². The summed E-state index contributed by atoms with van der Waals surface area (Å²) in [6.07, 6.45) is 0.677. The maximum Gasteiger partial charge on any atom is 0.303 e. The first-order chi connectivity index (χ1) is 13.0. The molecule has 0 amide bonds. The van der Waals surface area contributed by atoms with Crippen LogP contribution in [0.15, 0.2) is 24.3 Å². The van der Waals surface area contributed by atoms with Crippen LogP contribution in [0.3, 0.4) is 0 Å². The highest BCUT2D eigenvalue weighted by Gasteiger charge is 2.17. The van der Waals surface area contributed by atoms with Gasteiger partial charge in [-0.3, -0.25) is 4.79 Å². The minimum atomic E-state index is -0.790. The van der Waals surface area contributed by atoms with Gasteiger partial charge in [-0.2, -0.15) is 0 Å². The molecule has 0 radical (unpaired) electrons. The number of anilines is 1. The fourth-order valence-corrected chi connectivity index (χ4v) is 4.12. The van der Waals surface area contributed by atoms with Crippen molar-refractivity contribution in [1.29, 1.82) is 0 Å². The van der Waals surface area contributed by atoms with Crippen LogP contribution in [-0.2, 0) is 4.79 Å². The van der Waals surface area contributed by atoms with Crippen molar-refractivity contribution in [1.82, 2.24) is 9.97 Å². The van der Waals surface area contributed by atoms with Gasteiger partial charge in [0.1, 0.15) is 22.2 Å². The number of thiophene rings is 1. The second-order valence-corrected chi connectivity index (χ2v) is 7.42. The number of aryl methyl sites for hydroxylation is 2. The summed E-state index contributed by atoms with van der Waals surface area (Å²) in [4.78, 5) is 22.0. The summed E-state index contributed by atoms with van der Waals surface area (Å²) in [5.74, 6) is 1.51. The molecule has 1 aromatic carbocycles. The van der Waals surface area contributed by atoms with Gasteiger partial charge in [0.05, 0.1) is 12.0 Å². The Morgan fingerprint density at radius 3 is 2.63 bits per heavy atom. The maximum atomic E-state index is 10.7. The molecule has 3 rings (SSSR count). The molecule has 0 aliphatic carbocycles. The quantitative estimate of drug-likeness (QED) is 0.549. The van der Waals surface area contributed by atoms with Gasteiger partial charge in [0.15, 0.2) is 0 Å². The van der Waals surface area contributed by atoms with Crippen molar-refractivity contribution in [2.45, 2.75) is 33.6 Å². The molecule has 2 heterocycles. The summed E-state index contributed by atoms with van der Waals surface area (Å²) in [6, 6.07) is 8.04. The van der Waals surface area contributed by atoms with Gasteiger partial charge in [0, 0.05) is 23.4 Å². The fraction of sp³-hybridized carbons (Fsp3) is 0.350. The Bertz CT molecular complexity index is 951. The van der Waals surface area contributed by atoms with Crippen molar-refractivity contribution >= 4 is 33.3 Å². The van der Waals surface area contributed by atoms with Gasteiger partial charge in [-0.15, -0.1) is 11.3 Å². The van der Waals surface area contributed by atoms with E-state index in [2.05, 4.69) is 22.2 Å². The van der Waals surface area contributed by atoms with Crippen LogP contribution < -0.4 is 10.1 Å². The van der Waals surface area contributed by atoms with Crippen molar-refractivity contribution in [3.63, 3.8) is 0 Å². The van der Waals surface area contributed by atoms with E-state index in [1.165, 1.54) is 4.88 Å². The predicted molar refractivity (Wildman–Crippen MR) is 109 cm³/mol. The lowest BCUT2D eigenvalue weighted by atomic mass is 10.0. The van der Waals surface area contributed by atoms with Crippen LogP contribution in [0, 0.1) is 13.8 Å². The van der Waals surface area contributed by atoms with E-state index in [9.17, 15) is 4.79 Å². The van der Waals surface area contributed by atoms with Gasteiger partial charge < -0.3 is 15.2 Å². The van der Waals surface area contributed by atoms with E-state index in [4.69, 9.17) is 9.84 Å². The smallest absolute Gasteiger partial charge is 0.303 e. The second-order valence-electron chi connectivity index (χ2n) is 6.21. The van der Waals surface area contributed by atoms with Crippen molar-refractivity contribution in [2.24, 2.45) is 0 Å². The van der Waals surface area contributed by atoms with E-state index in [1.54, 1.807) is 11.3 Å². The Hall–Kier alpha value is -2.67. The van der Waals surface area contributed by atoms with Crippen molar-refractivity contribution in [2.75, 3.05) is 18.5 Å². The number of ether oxygens (including phenoxy) is 1. The molecule has 6 nitrogen and oxygen atoms in total. The molecule has 142 valence electrons. The first-order valence-electron chi connectivity index (χ1n) is 8.96. The highest BCUT2D eigenvalue weighted by Crippen LogP contribution is 2.41. The Kier molecular flexibility index (Phi) is 5.91. The number of fused-ring (bicyclic) bond motifs is 1.